The Morgan fingerprint density at radius 2 is 1.92 bits per heavy atom. The van der Waals surface area contributed by atoms with Crippen molar-refractivity contribution in [3.8, 4) is 0 Å². The van der Waals surface area contributed by atoms with Crippen LogP contribution in [0.1, 0.15) is 50.6 Å². The summed E-state index contributed by atoms with van der Waals surface area (Å²) in [6.07, 6.45) is 5.54. The summed E-state index contributed by atoms with van der Waals surface area (Å²) in [5.74, 6) is 1.48. The first-order valence-corrected chi connectivity index (χ1v) is 11.6. The van der Waals surface area contributed by atoms with E-state index in [1.807, 2.05) is 24.3 Å². The smallest absolute Gasteiger partial charge is 0.191 e. The molecule has 2 N–H and O–H groups in total. The standard InChI is InChI=1S/C19H28ClN3O2S/c1-14(16-6-8-17(20)9-7-16)22-19(23-18-4-2-3-5-18)21-12-15-10-11-26(24,25)13-15/h6-9,14-15,18H,2-5,10-13H2,1H3,(H2,21,22,23). The Kier molecular flexibility index (Phi) is 6.46. The summed E-state index contributed by atoms with van der Waals surface area (Å²) in [6.45, 7) is 2.64. The Bertz CT molecular complexity index is 728. The van der Waals surface area contributed by atoms with Crippen LogP contribution < -0.4 is 10.6 Å². The molecular formula is C19H28ClN3O2S. The molecule has 1 aromatic rings. The summed E-state index contributed by atoms with van der Waals surface area (Å²) in [5.41, 5.74) is 1.14. The van der Waals surface area contributed by atoms with E-state index in [2.05, 4.69) is 17.6 Å². The fourth-order valence-electron chi connectivity index (χ4n) is 3.67. The zero-order chi connectivity index (χ0) is 18.6. The van der Waals surface area contributed by atoms with Crippen LogP contribution in [-0.2, 0) is 9.84 Å². The highest BCUT2D eigenvalue weighted by Crippen LogP contribution is 2.20. The van der Waals surface area contributed by atoms with Gasteiger partial charge in [0.15, 0.2) is 15.8 Å². The molecule has 0 bridgehead atoms. The van der Waals surface area contributed by atoms with Gasteiger partial charge >= 0.3 is 0 Å². The van der Waals surface area contributed by atoms with Gasteiger partial charge in [0.2, 0.25) is 0 Å². The Balaban J connectivity index is 1.65. The van der Waals surface area contributed by atoms with Gasteiger partial charge in [-0.2, -0.15) is 0 Å². The minimum Gasteiger partial charge on any atom is -0.354 e. The van der Waals surface area contributed by atoms with Crippen LogP contribution in [0.4, 0.5) is 0 Å². The van der Waals surface area contributed by atoms with Crippen molar-refractivity contribution in [3.63, 3.8) is 0 Å². The highest BCUT2D eigenvalue weighted by atomic mass is 35.5. The molecule has 1 aromatic carbocycles. The molecule has 5 nitrogen and oxygen atoms in total. The van der Waals surface area contributed by atoms with Gasteiger partial charge in [-0.15, -0.1) is 0 Å². The first-order chi connectivity index (χ1) is 12.4. The minimum atomic E-state index is -2.86. The van der Waals surface area contributed by atoms with Gasteiger partial charge in [0.1, 0.15) is 0 Å². The summed E-state index contributed by atoms with van der Waals surface area (Å²) in [4.78, 5) is 4.72. The van der Waals surface area contributed by atoms with E-state index < -0.39 is 9.84 Å². The fourth-order valence-corrected chi connectivity index (χ4v) is 5.65. The second kappa shape index (κ2) is 8.61. The van der Waals surface area contributed by atoms with Crippen LogP contribution in [-0.4, -0.2) is 38.5 Å². The molecule has 144 valence electrons. The van der Waals surface area contributed by atoms with Crippen LogP contribution in [0.2, 0.25) is 5.02 Å². The molecule has 7 heteroatoms. The lowest BCUT2D eigenvalue weighted by molar-refractivity contribution is 0.572. The number of guanidine groups is 1. The summed E-state index contributed by atoms with van der Waals surface area (Å²) < 4.78 is 23.3. The molecule has 2 atom stereocenters. The van der Waals surface area contributed by atoms with Crippen LogP contribution >= 0.6 is 11.6 Å². The molecule has 0 aromatic heterocycles. The van der Waals surface area contributed by atoms with Gasteiger partial charge in [-0.1, -0.05) is 36.6 Å². The number of halogens is 1. The average molecular weight is 398 g/mol. The van der Waals surface area contributed by atoms with Crippen LogP contribution in [0.15, 0.2) is 29.3 Å². The molecule has 3 rings (SSSR count). The predicted octanol–water partition coefficient (Wildman–Crippen LogP) is 3.31. The van der Waals surface area contributed by atoms with Gasteiger partial charge in [-0.3, -0.25) is 4.99 Å². The Morgan fingerprint density at radius 3 is 2.54 bits per heavy atom. The van der Waals surface area contributed by atoms with Crippen molar-refractivity contribution in [1.29, 1.82) is 0 Å². The highest BCUT2D eigenvalue weighted by molar-refractivity contribution is 7.91. The number of hydrogen-bond donors (Lipinski definition) is 2. The number of benzene rings is 1. The van der Waals surface area contributed by atoms with Crippen molar-refractivity contribution in [2.75, 3.05) is 18.1 Å². The van der Waals surface area contributed by atoms with E-state index >= 15 is 0 Å². The third kappa shape index (κ3) is 5.61. The fraction of sp³-hybridized carbons (Fsp3) is 0.632. The number of hydrogen-bond acceptors (Lipinski definition) is 3. The zero-order valence-corrected chi connectivity index (χ0v) is 16.8. The SMILES string of the molecule is CC(NC(=NCC1CCS(=O)(=O)C1)NC1CCCC1)c1ccc(Cl)cc1. The molecular weight excluding hydrogens is 370 g/mol. The second-order valence-electron chi connectivity index (χ2n) is 7.50. The summed E-state index contributed by atoms with van der Waals surface area (Å²) in [5, 5.41) is 7.73. The lowest BCUT2D eigenvalue weighted by Gasteiger charge is -2.22. The summed E-state index contributed by atoms with van der Waals surface area (Å²) in [6, 6.07) is 8.34. The van der Waals surface area contributed by atoms with E-state index in [1.165, 1.54) is 12.8 Å². The highest BCUT2D eigenvalue weighted by Gasteiger charge is 2.27. The average Bonchev–Trinajstić information content (AvgIpc) is 3.22. The van der Waals surface area contributed by atoms with E-state index in [1.54, 1.807) is 0 Å². The van der Waals surface area contributed by atoms with Gasteiger partial charge in [-0.25, -0.2) is 8.42 Å². The van der Waals surface area contributed by atoms with Crippen molar-refractivity contribution < 1.29 is 8.42 Å². The van der Waals surface area contributed by atoms with E-state index in [4.69, 9.17) is 16.6 Å². The molecule has 1 saturated carbocycles. The van der Waals surface area contributed by atoms with Crippen molar-refractivity contribution >= 4 is 27.4 Å². The topological polar surface area (TPSA) is 70.6 Å². The van der Waals surface area contributed by atoms with Crippen LogP contribution in [0, 0.1) is 5.92 Å². The van der Waals surface area contributed by atoms with Crippen molar-refractivity contribution in [3.05, 3.63) is 34.9 Å². The maximum Gasteiger partial charge on any atom is 0.191 e. The number of nitrogens with one attached hydrogen (secondary N) is 2. The molecule has 26 heavy (non-hydrogen) atoms. The lowest BCUT2D eigenvalue weighted by Crippen LogP contribution is -2.43. The van der Waals surface area contributed by atoms with Crippen LogP contribution in [0.5, 0.6) is 0 Å². The monoisotopic (exact) mass is 397 g/mol. The van der Waals surface area contributed by atoms with Crippen molar-refractivity contribution in [2.45, 2.75) is 51.1 Å². The molecule has 0 radical (unpaired) electrons. The van der Waals surface area contributed by atoms with Crippen molar-refractivity contribution in [1.82, 2.24) is 10.6 Å². The minimum absolute atomic E-state index is 0.0900. The predicted molar refractivity (Wildman–Crippen MR) is 107 cm³/mol. The van der Waals surface area contributed by atoms with Crippen LogP contribution in [0.3, 0.4) is 0 Å². The molecule has 2 fully saturated rings. The van der Waals surface area contributed by atoms with Gasteiger partial charge in [-0.05, 0) is 49.8 Å². The molecule has 0 amide bonds. The van der Waals surface area contributed by atoms with Gasteiger partial charge in [0, 0.05) is 17.6 Å². The van der Waals surface area contributed by atoms with Crippen molar-refractivity contribution in [2.24, 2.45) is 10.9 Å². The zero-order valence-electron chi connectivity index (χ0n) is 15.2. The largest absolute Gasteiger partial charge is 0.354 e. The van der Waals surface area contributed by atoms with E-state index in [0.29, 0.717) is 18.3 Å². The normalized spacial score (nSPS) is 24.5. The molecule has 1 heterocycles. The third-order valence-electron chi connectivity index (χ3n) is 5.25. The molecule has 0 spiro atoms. The second-order valence-corrected chi connectivity index (χ2v) is 10.2. The maximum atomic E-state index is 11.7. The summed E-state index contributed by atoms with van der Waals surface area (Å²) in [7, 11) is -2.86. The Hall–Kier alpha value is -1.27. The van der Waals surface area contributed by atoms with E-state index in [-0.39, 0.29) is 17.7 Å². The number of sulfone groups is 1. The van der Waals surface area contributed by atoms with Gasteiger partial charge in [0.25, 0.3) is 0 Å². The molecule has 1 aliphatic carbocycles. The third-order valence-corrected chi connectivity index (χ3v) is 7.34. The lowest BCUT2D eigenvalue weighted by atomic mass is 10.1. The first-order valence-electron chi connectivity index (χ1n) is 9.45. The molecule has 2 aliphatic rings. The molecule has 1 aliphatic heterocycles. The first kappa shape index (κ1) is 19.5. The maximum absolute atomic E-state index is 11.7. The Morgan fingerprint density at radius 1 is 1.23 bits per heavy atom. The quantitative estimate of drug-likeness (QED) is 0.590. The number of rotatable bonds is 5. The van der Waals surface area contributed by atoms with Gasteiger partial charge < -0.3 is 10.6 Å². The van der Waals surface area contributed by atoms with Crippen LogP contribution in [0.25, 0.3) is 0 Å². The number of nitrogens with zero attached hydrogens (tertiary/aromatic N) is 1. The summed E-state index contributed by atoms with van der Waals surface area (Å²) >= 11 is 5.98. The molecule has 1 saturated heterocycles. The number of aliphatic imine (C=N–C) groups is 1. The van der Waals surface area contributed by atoms with E-state index in [9.17, 15) is 8.42 Å². The Labute approximate surface area is 161 Å². The van der Waals surface area contributed by atoms with Gasteiger partial charge in [0.05, 0.1) is 17.5 Å². The molecule has 2 unspecified atom stereocenters. The van der Waals surface area contributed by atoms with E-state index in [0.717, 1.165) is 35.8 Å².